The van der Waals surface area contributed by atoms with Crippen molar-refractivity contribution in [3.8, 4) is 6.07 Å². The van der Waals surface area contributed by atoms with Gasteiger partial charge in [0.05, 0.1) is 45.2 Å². The van der Waals surface area contributed by atoms with Crippen LogP contribution in [0.4, 0.5) is 25.8 Å². The van der Waals surface area contributed by atoms with Gasteiger partial charge in [-0.05, 0) is 60.9 Å². The quantitative estimate of drug-likeness (QED) is 0.136. The molecule has 1 aliphatic rings. The molecule has 1 fully saturated rings. The number of ether oxygens (including phenoxy) is 1. The Kier molecular flexibility index (Phi) is 10.6. The fraction of sp³-hybridized carbons (Fsp3) is 0.273. The monoisotopic (exact) mass is 651 g/mol. The molecule has 0 unspecified atom stereocenters. The molecule has 0 bridgehead atoms. The highest BCUT2D eigenvalue weighted by Crippen LogP contribution is 2.37. The molecule has 12 heteroatoms. The number of rotatable bonds is 11. The van der Waals surface area contributed by atoms with E-state index in [0.717, 1.165) is 38.0 Å². The van der Waals surface area contributed by atoms with Crippen LogP contribution in [0.25, 0.3) is 10.9 Å². The lowest BCUT2D eigenvalue weighted by atomic mass is 10.0. The summed E-state index contributed by atoms with van der Waals surface area (Å²) in [5.41, 5.74) is 10.1. The average Bonchev–Trinajstić information content (AvgIpc) is 3.04. The highest BCUT2D eigenvalue weighted by atomic mass is 35.5. The minimum atomic E-state index is -0.559. The first-order valence-corrected chi connectivity index (χ1v) is 15.2. The molecule has 234 valence electrons. The van der Waals surface area contributed by atoms with Gasteiger partial charge in [0.15, 0.2) is 0 Å². The largest absolute Gasteiger partial charge is 0.399 e. The van der Waals surface area contributed by atoms with Gasteiger partial charge < -0.3 is 31.3 Å². The molecule has 8 nitrogen and oxygen atoms in total. The van der Waals surface area contributed by atoms with Crippen molar-refractivity contribution in [2.45, 2.75) is 24.9 Å². The fourth-order valence-electron chi connectivity index (χ4n) is 5.30. The summed E-state index contributed by atoms with van der Waals surface area (Å²) in [5.74, 6) is -0.921. The Bertz CT molecular complexity index is 1720. The second-order valence-corrected chi connectivity index (χ2v) is 11.6. The van der Waals surface area contributed by atoms with Crippen LogP contribution in [0.3, 0.4) is 0 Å². The lowest BCUT2D eigenvalue weighted by Crippen LogP contribution is -2.42. The number of hydrogen-bond acceptors (Lipinski definition) is 8. The Morgan fingerprint density at radius 3 is 2.53 bits per heavy atom. The Morgan fingerprint density at radius 2 is 1.84 bits per heavy atom. The SMILES string of the molecule is COCCN1CCC(N/C=C(\N)[C@@H](Nc2cc(Cl)c3ncc(C#N)c(Nc4ccc(F)c(Cl)c4)c3c2)c2ccc(F)cc2)CC1. The molecule has 4 aromatic rings. The van der Waals surface area contributed by atoms with Crippen LogP contribution >= 0.6 is 23.2 Å². The molecule has 1 saturated heterocycles. The summed E-state index contributed by atoms with van der Waals surface area (Å²) < 4.78 is 32.9. The van der Waals surface area contributed by atoms with Crippen molar-refractivity contribution in [1.29, 1.82) is 5.26 Å². The highest BCUT2D eigenvalue weighted by Gasteiger charge is 2.21. The number of aromatic nitrogens is 1. The first-order chi connectivity index (χ1) is 21.7. The van der Waals surface area contributed by atoms with Gasteiger partial charge in [0.25, 0.3) is 0 Å². The van der Waals surface area contributed by atoms with Gasteiger partial charge in [0.1, 0.15) is 17.7 Å². The molecule has 2 heterocycles. The topological polar surface area (TPSA) is 111 Å². The van der Waals surface area contributed by atoms with E-state index < -0.39 is 11.9 Å². The van der Waals surface area contributed by atoms with Crippen LogP contribution in [0, 0.1) is 23.0 Å². The number of nitrogens with zero attached hydrogens (tertiary/aromatic N) is 3. The van der Waals surface area contributed by atoms with E-state index >= 15 is 0 Å². The number of piperidine rings is 1. The third-order valence-electron chi connectivity index (χ3n) is 7.77. The molecule has 45 heavy (non-hydrogen) atoms. The first-order valence-electron chi connectivity index (χ1n) is 14.4. The Labute approximate surface area is 270 Å². The van der Waals surface area contributed by atoms with Gasteiger partial charge in [-0.2, -0.15) is 5.26 Å². The number of fused-ring (bicyclic) bond motifs is 1. The summed E-state index contributed by atoms with van der Waals surface area (Å²) in [6.07, 6.45) is 5.15. The maximum atomic E-state index is 13.9. The summed E-state index contributed by atoms with van der Waals surface area (Å²) in [6.45, 7) is 3.54. The molecule has 5 rings (SSSR count). The minimum absolute atomic E-state index is 0.0630. The number of nitriles is 1. The fourth-order valence-corrected chi connectivity index (χ4v) is 5.75. The number of nitrogens with two attached hydrogens (primary N) is 1. The Hall–Kier alpha value is -4.14. The van der Waals surface area contributed by atoms with Crippen LogP contribution in [0.2, 0.25) is 10.0 Å². The Balaban J connectivity index is 1.45. The van der Waals surface area contributed by atoms with Crippen LogP contribution in [-0.4, -0.2) is 49.3 Å². The second kappa shape index (κ2) is 14.8. The summed E-state index contributed by atoms with van der Waals surface area (Å²) in [6, 6.07) is 15.7. The number of halogens is 4. The first kappa shape index (κ1) is 32.3. The third kappa shape index (κ3) is 7.93. The lowest BCUT2D eigenvalue weighted by molar-refractivity contribution is 0.128. The van der Waals surface area contributed by atoms with Gasteiger partial charge in [-0.1, -0.05) is 35.3 Å². The van der Waals surface area contributed by atoms with Crippen molar-refractivity contribution in [1.82, 2.24) is 15.2 Å². The van der Waals surface area contributed by atoms with Crippen LogP contribution < -0.4 is 21.7 Å². The van der Waals surface area contributed by atoms with E-state index in [1.165, 1.54) is 36.5 Å². The van der Waals surface area contributed by atoms with E-state index in [1.807, 2.05) is 0 Å². The van der Waals surface area contributed by atoms with Gasteiger partial charge in [-0.3, -0.25) is 4.98 Å². The predicted octanol–water partition coefficient (Wildman–Crippen LogP) is 7.09. The van der Waals surface area contributed by atoms with E-state index in [2.05, 4.69) is 31.9 Å². The summed E-state index contributed by atoms with van der Waals surface area (Å²) >= 11 is 12.7. The van der Waals surface area contributed by atoms with Gasteiger partial charge in [-0.15, -0.1) is 0 Å². The molecule has 5 N–H and O–H groups in total. The van der Waals surface area contributed by atoms with Gasteiger partial charge >= 0.3 is 0 Å². The van der Waals surface area contributed by atoms with Gasteiger partial charge in [-0.25, -0.2) is 8.78 Å². The molecule has 0 saturated carbocycles. The van der Waals surface area contributed by atoms with Crippen molar-refractivity contribution in [3.63, 3.8) is 0 Å². The van der Waals surface area contributed by atoms with E-state index in [9.17, 15) is 14.0 Å². The molecule has 0 spiro atoms. The summed E-state index contributed by atoms with van der Waals surface area (Å²) in [7, 11) is 1.71. The van der Waals surface area contributed by atoms with Gasteiger partial charge in [0, 0.05) is 61.9 Å². The van der Waals surface area contributed by atoms with Gasteiger partial charge in [0.2, 0.25) is 0 Å². The van der Waals surface area contributed by atoms with E-state index in [-0.39, 0.29) is 22.4 Å². The molecule has 1 atom stereocenters. The zero-order valence-electron chi connectivity index (χ0n) is 24.6. The minimum Gasteiger partial charge on any atom is -0.399 e. The summed E-state index contributed by atoms with van der Waals surface area (Å²) in [4.78, 5) is 6.78. The smallest absolute Gasteiger partial charge is 0.141 e. The molecule has 1 aromatic heterocycles. The number of methoxy groups -OCH3 is 1. The molecule has 0 amide bonds. The highest BCUT2D eigenvalue weighted by molar-refractivity contribution is 6.36. The summed E-state index contributed by atoms with van der Waals surface area (Å²) in [5, 5.41) is 20.8. The second-order valence-electron chi connectivity index (χ2n) is 10.8. The number of pyridine rings is 1. The van der Waals surface area contributed by atoms with Crippen LogP contribution in [0.5, 0.6) is 0 Å². The van der Waals surface area contributed by atoms with Crippen molar-refractivity contribution in [3.05, 3.63) is 105 Å². The zero-order chi connectivity index (χ0) is 31.9. The number of benzene rings is 3. The van der Waals surface area contributed by atoms with E-state index in [4.69, 9.17) is 33.7 Å². The van der Waals surface area contributed by atoms with E-state index in [1.54, 1.807) is 37.6 Å². The van der Waals surface area contributed by atoms with Crippen molar-refractivity contribution < 1.29 is 13.5 Å². The van der Waals surface area contributed by atoms with Crippen LogP contribution in [-0.2, 0) is 4.74 Å². The zero-order valence-corrected chi connectivity index (χ0v) is 26.1. The van der Waals surface area contributed by atoms with Crippen LogP contribution in [0.1, 0.15) is 30.0 Å². The number of nitrogens with one attached hydrogen (secondary N) is 3. The number of hydrogen-bond donors (Lipinski definition) is 4. The van der Waals surface area contributed by atoms with Crippen molar-refractivity contribution in [2.75, 3.05) is 44.0 Å². The standard InChI is InChI=1S/C33H33Cl2F2N7O/c1-45-13-12-44-10-8-23(9-11-44)40-19-30(39)32(20-2-4-22(36)5-3-20)43-25-14-26-31(42-24-6-7-29(37)27(34)15-24)21(17-38)18-41-33(26)28(35)16-25/h2-7,14-16,18-19,23,32,40,43H,8-13,39H2,1H3,(H,41,42)/b30-19-/t32-/m0/s1. The normalized spacial score (nSPS) is 15.1. The van der Waals surface area contributed by atoms with E-state index in [0.29, 0.717) is 45.3 Å². The van der Waals surface area contributed by atoms with Crippen molar-refractivity contribution >= 4 is 51.2 Å². The maximum absolute atomic E-state index is 13.9. The number of likely N-dealkylation sites (tertiary alicyclic amines) is 1. The molecule has 0 radical (unpaired) electrons. The molecule has 3 aromatic carbocycles. The molecular formula is C33H33Cl2F2N7O. The molecular weight excluding hydrogens is 619 g/mol. The average molecular weight is 653 g/mol. The third-order valence-corrected chi connectivity index (χ3v) is 8.34. The lowest BCUT2D eigenvalue weighted by Gasteiger charge is -2.32. The molecule has 0 aliphatic carbocycles. The van der Waals surface area contributed by atoms with Crippen LogP contribution in [0.15, 0.2) is 72.7 Å². The maximum Gasteiger partial charge on any atom is 0.141 e. The predicted molar refractivity (Wildman–Crippen MR) is 176 cm³/mol. The molecule has 1 aliphatic heterocycles. The number of anilines is 3. The van der Waals surface area contributed by atoms with Crippen molar-refractivity contribution in [2.24, 2.45) is 5.73 Å². The Morgan fingerprint density at radius 1 is 1.11 bits per heavy atom.